The zero-order valence-corrected chi connectivity index (χ0v) is 23.5. The Bertz CT molecular complexity index is 1330. The maximum atomic E-state index is 10.3. The lowest BCUT2D eigenvalue weighted by Crippen LogP contribution is -2.28. The summed E-state index contributed by atoms with van der Waals surface area (Å²) < 4.78 is 30.8. The van der Waals surface area contributed by atoms with E-state index in [-0.39, 0.29) is 10.8 Å². The van der Waals surface area contributed by atoms with Crippen LogP contribution in [0.3, 0.4) is 0 Å². The van der Waals surface area contributed by atoms with Crippen LogP contribution in [0, 0.1) is 0 Å². The minimum atomic E-state index is -4.19. The van der Waals surface area contributed by atoms with Crippen molar-refractivity contribution in [3.8, 4) is 0 Å². The fourth-order valence-electron chi connectivity index (χ4n) is 5.59. The summed E-state index contributed by atoms with van der Waals surface area (Å²) in [5, 5.41) is -1.37. The molecule has 4 heteroatoms. The SMILES string of the molecule is C1=CC2=C(CC1)CCc1c2ccc2ccccc12.CC1(C)C=CC(C)(C)c2ccccc21.FC(F)(F)Br. The fourth-order valence-corrected chi connectivity index (χ4v) is 5.59. The summed E-state index contributed by atoms with van der Waals surface area (Å²) in [6, 6.07) is 22.1. The molecule has 3 aromatic rings. The van der Waals surface area contributed by atoms with Crippen LogP contribution in [0.15, 0.2) is 90.5 Å². The maximum Gasteiger partial charge on any atom is 0.448 e. The number of hydrogen-bond acceptors (Lipinski definition) is 0. The molecule has 0 N–H and O–H groups in total. The van der Waals surface area contributed by atoms with Crippen LogP contribution in [0.5, 0.6) is 0 Å². The Morgan fingerprint density at radius 2 is 1.30 bits per heavy atom. The molecule has 6 rings (SSSR count). The number of allylic oxidation sites excluding steroid dienone is 6. The van der Waals surface area contributed by atoms with E-state index >= 15 is 0 Å². The predicted octanol–water partition coefficient (Wildman–Crippen LogP) is 10.6. The standard InChI is InChI=1S/C18H16.C14H18.CBrF3/c1-3-7-15-13(5-1)9-11-18-16-8-4-2-6-14(16)10-12-17(15)18;1-13(2)9-10-14(3,4)12-8-6-5-7-11(12)13;2-1(3,4)5/h1,3-5,7-9,11H,2,6,10,12H2;5-10H,1-4H3;. The summed E-state index contributed by atoms with van der Waals surface area (Å²) >= 11 is 1.38. The zero-order valence-electron chi connectivity index (χ0n) is 21.9. The summed E-state index contributed by atoms with van der Waals surface area (Å²) in [5.41, 5.74) is 9.51. The van der Waals surface area contributed by atoms with Gasteiger partial charge in [-0.1, -0.05) is 118 Å². The third kappa shape index (κ3) is 6.46. The first-order chi connectivity index (χ1) is 17.4. The third-order valence-corrected chi connectivity index (χ3v) is 7.52. The Morgan fingerprint density at radius 1 is 0.730 bits per heavy atom. The molecule has 194 valence electrons. The summed E-state index contributed by atoms with van der Waals surface area (Å²) in [5.74, 6) is 0. The zero-order chi connectivity index (χ0) is 26.8. The number of hydrogen-bond donors (Lipinski definition) is 0. The topological polar surface area (TPSA) is 0 Å². The van der Waals surface area contributed by atoms with E-state index in [0.717, 1.165) is 0 Å². The second kappa shape index (κ2) is 10.6. The van der Waals surface area contributed by atoms with Crippen molar-refractivity contribution in [2.75, 3.05) is 0 Å². The number of fused-ring (bicyclic) bond motifs is 5. The molecule has 0 amide bonds. The van der Waals surface area contributed by atoms with Gasteiger partial charge in [-0.2, -0.15) is 13.2 Å². The van der Waals surface area contributed by atoms with Crippen molar-refractivity contribution in [2.45, 2.75) is 69.3 Å². The van der Waals surface area contributed by atoms with Crippen LogP contribution in [0.2, 0.25) is 0 Å². The molecule has 0 saturated carbocycles. The third-order valence-electron chi connectivity index (χ3n) is 7.52. The first-order valence-electron chi connectivity index (χ1n) is 12.8. The highest BCUT2D eigenvalue weighted by Crippen LogP contribution is 2.41. The molecule has 0 aliphatic heterocycles. The van der Waals surface area contributed by atoms with Gasteiger partial charge >= 0.3 is 5.09 Å². The van der Waals surface area contributed by atoms with Crippen molar-refractivity contribution < 1.29 is 13.2 Å². The minimum Gasteiger partial charge on any atom is -0.160 e. The van der Waals surface area contributed by atoms with Gasteiger partial charge in [-0.3, -0.25) is 0 Å². The van der Waals surface area contributed by atoms with Gasteiger partial charge in [0, 0.05) is 26.8 Å². The molecule has 3 aliphatic rings. The van der Waals surface area contributed by atoms with E-state index in [4.69, 9.17) is 0 Å². The van der Waals surface area contributed by atoms with Crippen LogP contribution >= 0.6 is 15.9 Å². The van der Waals surface area contributed by atoms with Gasteiger partial charge in [-0.25, -0.2) is 0 Å². The monoisotopic (exact) mass is 566 g/mol. The van der Waals surface area contributed by atoms with Crippen LogP contribution in [-0.2, 0) is 17.3 Å². The van der Waals surface area contributed by atoms with Crippen LogP contribution in [0.25, 0.3) is 16.3 Å². The van der Waals surface area contributed by atoms with E-state index in [1.807, 2.05) is 0 Å². The molecule has 0 bridgehead atoms. The molecule has 0 unspecified atom stereocenters. The summed E-state index contributed by atoms with van der Waals surface area (Å²) in [7, 11) is 0. The molecule has 3 aromatic carbocycles. The quantitative estimate of drug-likeness (QED) is 0.187. The highest BCUT2D eigenvalue weighted by Gasteiger charge is 2.31. The summed E-state index contributed by atoms with van der Waals surface area (Å²) in [6.45, 7) is 9.10. The van der Waals surface area contributed by atoms with Gasteiger partial charge in [0.15, 0.2) is 0 Å². The fraction of sp³-hybridized carbons (Fsp3) is 0.333. The second-order valence-corrected chi connectivity index (χ2v) is 11.9. The van der Waals surface area contributed by atoms with E-state index in [2.05, 4.69) is 113 Å². The lowest BCUT2D eigenvalue weighted by Gasteiger charge is -2.36. The molecular formula is C33H34BrF3. The van der Waals surface area contributed by atoms with Crippen molar-refractivity contribution in [3.63, 3.8) is 0 Å². The second-order valence-electron chi connectivity index (χ2n) is 11.0. The van der Waals surface area contributed by atoms with Gasteiger partial charge in [0.2, 0.25) is 0 Å². The molecule has 0 spiro atoms. The molecular weight excluding hydrogens is 533 g/mol. The van der Waals surface area contributed by atoms with Crippen molar-refractivity contribution in [1.82, 2.24) is 0 Å². The molecule has 0 fully saturated rings. The molecule has 0 saturated heterocycles. The number of rotatable bonds is 0. The first-order valence-corrected chi connectivity index (χ1v) is 13.6. The van der Waals surface area contributed by atoms with Crippen LogP contribution in [-0.4, -0.2) is 5.09 Å². The van der Waals surface area contributed by atoms with Crippen molar-refractivity contribution in [2.24, 2.45) is 0 Å². The lowest BCUT2D eigenvalue weighted by atomic mass is 9.68. The Labute approximate surface area is 227 Å². The Balaban J connectivity index is 0.000000151. The average molecular weight is 568 g/mol. The van der Waals surface area contributed by atoms with Gasteiger partial charge in [0.25, 0.3) is 0 Å². The number of halogens is 4. The largest absolute Gasteiger partial charge is 0.448 e. The van der Waals surface area contributed by atoms with Gasteiger partial charge < -0.3 is 0 Å². The van der Waals surface area contributed by atoms with E-state index < -0.39 is 5.09 Å². The number of alkyl halides is 4. The van der Waals surface area contributed by atoms with E-state index in [1.54, 1.807) is 11.1 Å². The molecule has 0 radical (unpaired) electrons. The predicted molar refractivity (Wildman–Crippen MR) is 154 cm³/mol. The van der Waals surface area contributed by atoms with E-state index in [0.29, 0.717) is 0 Å². The minimum absolute atomic E-state index is 0.187. The van der Waals surface area contributed by atoms with Crippen molar-refractivity contribution >= 4 is 32.3 Å². The normalized spacial score (nSPS) is 18.5. The summed E-state index contributed by atoms with van der Waals surface area (Å²) in [4.78, 5) is 0. The van der Waals surface area contributed by atoms with Gasteiger partial charge in [-0.05, 0) is 64.3 Å². The molecule has 3 aliphatic carbocycles. The van der Waals surface area contributed by atoms with E-state index in [9.17, 15) is 13.2 Å². The van der Waals surface area contributed by atoms with Crippen molar-refractivity contribution in [1.29, 1.82) is 0 Å². The number of aryl methyl sites for hydroxylation is 1. The average Bonchev–Trinajstić information content (AvgIpc) is 2.86. The summed E-state index contributed by atoms with van der Waals surface area (Å²) in [6.07, 6.45) is 14.3. The Kier molecular flexibility index (Phi) is 7.90. The van der Waals surface area contributed by atoms with Crippen LogP contribution in [0.1, 0.15) is 69.2 Å². The lowest BCUT2D eigenvalue weighted by molar-refractivity contribution is -0.0245. The van der Waals surface area contributed by atoms with Gasteiger partial charge in [-0.15, -0.1) is 0 Å². The molecule has 0 nitrogen and oxygen atoms in total. The molecule has 0 heterocycles. The molecule has 0 aromatic heterocycles. The Hall–Kier alpha value is -2.59. The van der Waals surface area contributed by atoms with Crippen molar-refractivity contribution in [3.05, 3.63) is 113 Å². The highest BCUT2D eigenvalue weighted by molar-refractivity contribution is 9.09. The van der Waals surface area contributed by atoms with Crippen LogP contribution in [0.4, 0.5) is 13.2 Å². The van der Waals surface area contributed by atoms with Crippen LogP contribution < -0.4 is 0 Å². The highest BCUT2D eigenvalue weighted by atomic mass is 79.9. The van der Waals surface area contributed by atoms with Gasteiger partial charge in [0.05, 0.1) is 0 Å². The first kappa shape index (κ1) is 27.4. The smallest absolute Gasteiger partial charge is 0.160 e. The Morgan fingerprint density at radius 3 is 1.92 bits per heavy atom. The van der Waals surface area contributed by atoms with Gasteiger partial charge in [0.1, 0.15) is 0 Å². The molecule has 37 heavy (non-hydrogen) atoms. The molecule has 0 atom stereocenters. The number of benzene rings is 3. The van der Waals surface area contributed by atoms with E-state index in [1.165, 1.54) is 74.6 Å². The maximum absolute atomic E-state index is 10.3.